The summed E-state index contributed by atoms with van der Waals surface area (Å²) in [5.74, 6) is -2.04. The van der Waals surface area contributed by atoms with E-state index in [9.17, 15) is 24.3 Å². The number of hydrogen-bond donors (Lipinski definition) is 2. The van der Waals surface area contributed by atoms with Gasteiger partial charge in [0.25, 0.3) is 0 Å². The summed E-state index contributed by atoms with van der Waals surface area (Å²) in [5, 5.41) is 15.9. The molecule has 1 aliphatic heterocycles. The molecule has 3 aromatic carbocycles. The fourth-order valence-corrected chi connectivity index (χ4v) is 4.54. The highest BCUT2D eigenvalue weighted by molar-refractivity contribution is 6.31. The largest absolute Gasteiger partial charge is 0.371 e. The molecular formula is C26H17N3O5. The summed E-state index contributed by atoms with van der Waals surface area (Å²) in [7, 11) is 0. The summed E-state index contributed by atoms with van der Waals surface area (Å²) in [6.07, 6.45) is -0.570. The molecule has 1 saturated heterocycles. The lowest BCUT2D eigenvalue weighted by Crippen LogP contribution is -2.54. The first kappa shape index (κ1) is 20.2. The van der Waals surface area contributed by atoms with Crippen LogP contribution in [0.4, 0.5) is 17.1 Å². The number of ketones is 2. The summed E-state index contributed by atoms with van der Waals surface area (Å²) in [5.41, 5.74) is 0.568. The number of nitrogens with zero attached hydrogens (tertiary/aromatic N) is 2. The minimum atomic E-state index is -2.29. The second-order valence-corrected chi connectivity index (χ2v) is 8.45. The number of β-lactam (4-membered cyclic amide) rings is 2. The maximum atomic E-state index is 12.2. The molecule has 2 aliphatic rings. The zero-order valence-electron chi connectivity index (χ0n) is 17.7. The van der Waals surface area contributed by atoms with Crippen LogP contribution in [0.5, 0.6) is 0 Å². The number of fused-ring (bicyclic) bond motifs is 2. The number of pyridine rings is 1. The highest BCUT2D eigenvalue weighted by Gasteiger charge is 2.55. The van der Waals surface area contributed by atoms with Crippen LogP contribution in [0.2, 0.25) is 0 Å². The molecule has 1 aromatic heterocycles. The van der Waals surface area contributed by atoms with E-state index in [1.807, 2.05) is 48.5 Å². The molecule has 0 unspecified atom stereocenters. The molecule has 2 N–H and O–H groups in total. The molecule has 166 valence electrons. The van der Waals surface area contributed by atoms with Gasteiger partial charge < -0.3 is 10.4 Å². The lowest BCUT2D eigenvalue weighted by Gasteiger charge is -2.35. The molecule has 8 heteroatoms. The highest BCUT2D eigenvalue weighted by atomic mass is 16.3. The molecule has 34 heavy (non-hydrogen) atoms. The topological polar surface area (TPSA) is 117 Å². The first-order chi connectivity index (χ1) is 16.4. The van der Waals surface area contributed by atoms with Gasteiger partial charge in [-0.3, -0.25) is 19.2 Å². The van der Waals surface area contributed by atoms with Crippen LogP contribution in [-0.4, -0.2) is 33.5 Å². The summed E-state index contributed by atoms with van der Waals surface area (Å²) in [4.78, 5) is 54.4. The van der Waals surface area contributed by atoms with E-state index in [1.54, 1.807) is 6.07 Å². The molecule has 0 bridgehead atoms. The number of anilines is 3. The predicted molar refractivity (Wildman–Crippen MR) is 125 cm³/mol. The van der Waals surface area contributed by atoms with Crippen molar-refractivity contribution in [2.45, 2.75) is 18.4 Å². The van der Waals surface area contributed by atoms with E-state index in [4.69, 9.17) is 4.98 Å². The van der Waals surface area contributed by atoms with Crippen molar-refractivity contribution in [2.24, 2.45) is 0 Å². The van der Waals surface area contributed by atoms with Crippen molar-refractivity contribution in [1.29, 1.82) is 0 Å². The molecule has 2 fully saturated rings. The minimum absolute atomic E-state index is 0.0175. The second-order valence-electron chi connectivity index (χ2n) is 8.45. The zero-order chi connectivity index (χ0) is 23.6. The number of amides is 2. The predicted octanol–water partition coefficient (Wildman–Crippen LogP) is 3.12. The van der Waals surface area contributed by atoms with Gasteiger partial charge in [0.1, 0.15) is 6.42 Å². The monoisotopic (exact) mass is 451 g/mol. The number of hydrogen-bond acceptors (Lipinski definition) is 7. The number of imide groups is 1. The minimum Gasteiger partial charge on any atom is -0.371 e. The smallest absolute Gasteiger partial charge is 0.243 e. The number of para-hydroxylation sites is 2. The maximum absolute atomic E-state index is 12.2. The van der Waals surface area contributed by atoms with Crippen molar-refractivity contribution < 1.29 is 24.3 Å². The van der Waals surface area contributed by atoms with Gasteiger partial charge in [-0.1, -0.05) is 36.4 Å². The van der Waals surface area contributed by atoms with Crippen molar-refractivity contribution in [1.82, 2.24) is 4.98 Å². The van der Waals surface area contributed by atoms with Crippen molar-refractivity contribution in [3.63, 3.8) is 0 Å². The van der Waals surface area contributed by atoms with Crippen molar-refractivity contribution in [3.05, 3.63) is 72.3 Å². The summed E-state index contributed by atoms with van der Waals surface area (Å²) in [6, 6.07) is 19.6. The van der Waals surface area contributed by atoms with Gasteiger partial charge in [-0.2, -0.15) is 0 Å². The first-order valence-electron chi connectivity index (χ1n) is 10.7. The SMILES string of the molecule is O=C1CC(=O)N1c1cc(Nc2c3ccccc3nc3ccccc23)cc(C2(O)C(=O)CC2=O)c1. The third kappa shape index (κ3) is 2.79. The van der Waals surface area contributed by atoms with E-state index in [-0.39, 0.29) is 24.1 Å². The van der Waals surface area contributed by atoms with E-state index in [1.165, 1.54) is 12.1 Å². The van der Waals surface area contributed by atoms with Crippen LogP contribution in [0.3, 0.4) is 0 Å². The Hall–Kier alpha value is -4.43. The van der Waals surface area contributed by atoms with E-state index in [0.29, 0.717) is 5.69 Å². The van der Waals surface area contributed by atoms with Gasteiger partial charge in [0, 0.05) is 22.0 Å². The normalized spacial score (nSPS) is 17.1. The Morgan fingerprint density at radius 2 is 1.38 bits per heavy atom. The molecule has 2 amide bonds. The standard InChI is InChI=1S/C26H17N3O5/c30-21-12-22(31)26(21,34)14-9-15(11-16(10-14)29-23(32)13-24(29)33)27-25-17-5-1-3-7-19(17)28-20-8-4-2-6-18(20)25/h1-11,34H,12-13H2,(H,27,28). The van der Waals surface area contributed by atoms with Crippen LogP contribution in [0.1, 0.15) is 18.4 Å². The Bertz CT molecular complexity index is 1510. The number of aliphatic hydroxyl groups is 1. The molecule has 8 nitrogen and oxygen atoms in total. The number of benzene rings is 3. The van der Waals surface area contributed by atoms with Gasteiger partial charge in [-0.25, -0.2) is 9.88 Å². The quantitative estimate of drug-likeness (QED) is 0.278. The molecule has 0 spiro atoms. The van der Waals surface area contributed by atoms with Gasteiger partial charge in [0.05, 0.1) is 28.8 Å². The van der Waals surface area contributed by atoms with E-state index in [2.05, 4.69) is 5.32 Å². The van der Waals surface area contributed by atoms with Crippen LogP contribution in [0, 0.1) is 0 Å². The average Bonchev–Trinajstić information content (AvgIpc) is 2.83. The molecule has 4 aromatic rings. The van der Waals surface area contributed by atoms with E-state index >= 15 is 0 Å². The molecule has 0 atom stereocenters. The highest BCUT2D eigenvalue weighted by Crippen LogP contribution is 2.40. The Kier molecular flexibility index (Phi) is 4.18. The van der Waals surface area contributed by atoms with Crippen molar-refractivity contribution in [2.75, 3.05) is 10.2 Å². The molecule has 1 aliphatic carbocycles. The Morgan fingerprint density at radius 1 is 0.794 bits per heavy atom. The molecule has 6 rings (SSSR count). The Labute approximate surface area is 192 Å². The molecule has 1 saturated carbocycles. The van der Waals surface area contributed by atoms with Gasteiger partial charge in [-0.15, -0.1) is 0 Å². The van der Waals surface area contributed by atoms with Crippen LogP contribution < -0.4 is 10.2 Å². The van der Waals surface area contributed by atoms with Gasteiger partial charge in [0.15, 0.2) is 11.6 Å². The maximum Gasteiger partial charge on any atom is 0.243 e. The lowest BCUT2D eigenvalue weighted by molar-refractivity contribution is -0.165. The molecule has 0 radical (unpaired) electrons. The number of carbonyl (C=O) groups excluding carboxylic acids is 4. The number of carbonyl (C=O) groups is 4. The summed E-state index contributed by atoms with van der Waals surface area (Å²) in [6.45, 7) is 0. The number of rotatable bonds is 4. The van der Waals surface area contributed by atoms with E-state index in [0.717, 1.165) is 32.4 Å². The number of aromatic nitrogens is 1. The van der Waals surface area contributed by atoms with Crippen LogP contribution in [-0.2, 0) is 24.8 Å². The lowest BCUT2D eigenvalue weighted by atomic mass is 9.72. The number of Topliss-reactive ketones (excluding diaryl/α,β-unsaturated/α-hetero) is 2. The third-order valence-electron chi connectivity index (χ3n) is 6.38. The van der Waals surface area contributed by atoms with Crippen molar-refractivity contribution in [3.8, 4) is 0 Å². The molecule has 2 heterocycles. The van der Waals surface area contributed by atoms with E-state index < -0.39 is 29.0 Å². The fraction of sp³-hybridized carbons (Fsp3) is 0.115. The van der Waals surface area contributed by atoms with Crippen LogP contribution in [0.15, 0.2) is 66.7 Å². The van der Waals surface area contributed by atoms with Gasteiger partial charge >= 0.3 is 0 Å². The van der Waals surface area contributed by atoms with Gasteiger partial charge in [0.2, 0.25) is 17.4 Å². The van der Waals surface area contributed by atoms with Crippen LogP contribution >= 0.6 is 0 Å². The second kappa shape index (κ2) is 7.03. The average molecular weight is 451 g/mol. The summed E-state index contributed by atoms with van der Waals surface area (Å²) >= 11 is 0. The third-order valence-corrected chi connectivity index (χ3v) is 6.38. The zero-order valence-corrected chi connectivity index (χ0v) is 17.7. The summed E-state index contributed by atoms with van der Waals surface area (Å²) < 4.78 is 0. The Morgan fingerprint density at radius 3 is 1.94 bits per heavy atom. The Balaban J connectivity index is 1.55. The van der Waals surface area contributed by atoms with Crippen molar-refractivity contribution >= 4 is 62.2 Å². The fourth-order valence-electron chi connectivity index (χ4n) is 4.54. The first-order valence-corrected chi connectivity index (χ1v) is 10.7. The van der Waals surface area contributed by atoms with Gasteiger partial charge in [-0.05, 0) is 30.3 Å². The number of nitrogens with one attached hydrogen (secondary N) is 1. The van der Waals surface area contributed by atoms with Crippen LogP contribution in [0.25, 0.3) is 21.8 Å². The molecular weight excluding hydrogens is 434 g/mol.